The third kappa shape index (κ3) is 2.32. The van der Waals surface area contributed by atoms with Gasteiger partial charge in [-0.25, -0.2) is 4.98 Å². The van der Waals surface area contributed by atoms with Gasteiger partial charge in [-0.2, -0.15) is 5.10 Å². The molecule has 0 aliphatic heterocycles. The number of aromatic nitrogens is 3. The van der Waals surface area contributed by atoms with E-state index in [4.69, 9.17) is 0 Å². The lowest BCUT2D eigenvalue weighted by Gasteiger charge is -2.02. The van der Waals surface area contributed by atoms with Crippen LogP contribution in [-0.4, -0.2) is 15.2 Å². The monoisotopic (exact) mass is 252 g/mol. The Kier molecular flexibility index (Phi) is 2.78. The molecule has 0 radical (unpaired) electrons. The SMILES string of the molecule is Brc1ccc(NCc2ccn[nH]2)nc1. The van der Waals surface area contributed by atoms with Gasteiger partial charge < -0.3 is 5.32 Å². The van der Waals surface area contributed by atoms with Crippen LogP contribution in [0, 0.1) is 0 Å². The molecule has 2 N–H and O–H groups in total. The van der Waals surface area contributed by atoms with Crippen molar-refractivity contribution in [1.29, 1.82) is 0 Å². The molecule has 14 heavy (non-hydrogen) atoms. The summed E-state index contributed by atoms with van der Waals surface area (Å²) in [6.45, 7) is 0.703. The average molecular weight is 253 g/mol. The van der Waals surface area contributed by atoms with Crippen molar-refractivity contribution in [2.24, 2.45) is 0 Å². The van der Waals surface area contributed by atoms with Crippen LogP contribution in [0.5, 0.6) is 0 Å². The first kappa shape index (κ1) is 9.21. The van der Waals surface area contributed by atoms with Gasteiger partial charge in [0.2, 0.25) is 0 Å². The number of nitrogens with zero attached hydrogens (tertiary/aromatic N) is 2. The predicted molar refractivity (Wildman–Crippen MR) is 57.9 cm³/mol. The maximum Gasteiger partial charge on any atom is 0.126 e. The van der Waals surface area contributed by atoms with Gasteiger partial charge in [0.25, 0.3) is 0 Å². The first-order chi connectivity index (χ1) is 6.84. The quantitative estimate of drug-likeness (QED) is 0.881. The summed E-state index contributed by atoms with van der Waals surface area (Å²) in [5, 5.41) is 9.90. The second-order valence-electron chi connectivity index (χ2n) is 2.80. The predicted octanol–water partition coefficient (Wildman–Crippen LogP) is 2.18. The van der Waals surface area contributed by atoms with Gasteiger partial charge in [-0.15, -0.1) is 0 Å². The zero-order valence-electron chi connectivity index (χ0n) is 7.37. The van der Waals surface area contributed by atoms with E-state index >= 15 is 0 Å². The lowest BCUT2D eigenvalue weighted by atomic mass is 10.4. The molecule has 2 rings (SSSR count). The fraction of sp³-hybridized carbons (Fsp3) is 0.111. The lowest BCUT2D eigenvalue weighted by Crippen LogP contribution is -2.01. The van der Waals surface area contributed by atoms with Crippen LogP contribution in [0.3, 0.4) is 0 Å². The fourth-order valence-corrected chi connectivity index (χ4v) is 1.28. The van der Waals surface area contributed by atoms with E-state index in [0.717, 1.165) is 16.0 Å². The topological polar surface area (TPSA) is 53.6 Å². The standard InChI is InChI=1S/C9H9BrN4/c10-7-1-2-9(11-5-7)12-6-8-3-4-13-14-8/h1-5H,6H2,(H,11,12)(H,13,14). The number of nitrogens with one attached hydrogen (secondary N) is 2. The Morgan fingerprint density at radius 1 is 1.36 bits per heavy atom. The molecule has 0 saturated heterocycles. The first-order valence-electron chi connectivity index (χ1n) is 4.18. The molecule has 2 heterocycles. The summed E-state index contributed by atoms with van der Waals surface area (Å²) in [6, 6.07) is 5.79. The van der Waals surface area contributed by atoms with Crippen molar-refractivity contribution in [3.05, 3.63) is 40.8 Å². The van der Waals surface area contributed by atoms with Crippen LogP contribution in [0.25, 0.3) is 0 Å². The number of halogens is 1. The summed E-state index contributed by atoms with van der Waals surface area (Å²) >= 11 is 3.33. The summed E-state index contributed by atoms with van der Waals surface area (Å²) in [7, 11) is 0. The Hall–Kier alpha value is -1.36. The van der Waals surface area contributed by atoms with Gasteiger partial charge in [-0.1, -0.05) is 0 Å². The Bertz CT molecular complexity index is 382. The molecule has 72 valence electrons. The van der Waals surface area contributed by atoms with Gasteiger partial charge in [0, 0.05) is 16.9 Å². The molecule has 0 spiro atoms. The van der Waals surface area contributed by atoms with E-state index in [1.807, 2.05) is 18.2 Å². The molecule has 0 saturated carbocycles. The largest absolute Gasteiger partial charge is 0.364 e. The second-order valence-corrected chi connectivity index (χ2v) is 3.71. The molecular weight excluding hydrogens is 244 g/mol. The Balaban J connectivity index is 1.95. The van der Waals surface area contributed by atoms with E-state index in [-0.39, 0.29) is 0 Å². The van der Waals surface area contributed by atoms with Crippen molar-refractivity contribution in [1.82, 2.24) is 15.2 Å². The number of hydrogen-bond acceptors (Lipinski definition) is 3. The number of H-pyrrole nitrogens is 1. The molecule has 2 aromatic heterocycles. The van der Waals surface area contributed by atoms with Crippen molar-refractivity contribution in [2.75, 3.05) is 5.32 Å². The number of anilines is 1. The number of rotatable bonds is 3. The minimum atomic E-state index is 0.703. The summed E-state index contributed by atoms with van der Waals surface area (Å²) in [5.74, 6) is 0.850. The van der Waals surface area contributed by atoms with Crippen molar-refractivity contribution in [3.8, 4) is 0 Å². The summed E-state index contributed by atoms with van der Waals surface area (Å²) in [6.07, 6.45) is 3.49. The summed E-state index contributed by atoms with van der Waals surface area (Å²) in [4.78, 5) is 4.19. The van der Waals surface area contributed by atoms with Crippen LogP contribution in [0.1, 0.15) is 5.69 Å². The molecule has 0 aliphatic rings. The molecule has 0 fully saturated rings. The van der Waals surface area contributed by atoms with Crippen LogP contribution >= 0.6 is 15.9 Å². The molecule has 0 bridgehead atoms. The van der Waals surface area contributed by atoms with Gasteiger partial charge in [-0.05, 0) is 34.1 Å². The normalized spacial score (nSPS) is 10.1. The third-order valence-corrected chi connectivity index (χ3v) is 2.21. The number of aromatic amines is 1. The molecule has 4 nitrogen and oxygen atoms in total. The summed E-state index contributed by atoms with van der Waals surface area (Å²) < 4.78 is 0.976. The summed E-state index contributed by atoms with van der Waals surface area (Å²) in [5.41, 5.74) is 1.04. The minimum Gasteiger partial charge on any atom is -0.364 e. The highest BCUT2D eigenvalue weighted by atomic mass is 79.9. The molecule has 5 heteroatoms. The van der Waals surface area contributed by atoms with Gasteiger partial charge in [0.05, 0.1) is 12.2 Å². The molecule has 0 aromatic carbocycles. The molecular formula is C9H9BrN4. The van der Waals surface area contributed by atoms with Crippen molar-refractivity contribution in [3.63, 3.8) is 0 Å². The van der Waals surface area contributed by atoms with Crippen molar-refractivity contribution < 1.29 is 0 Å². The highest BCUT2D eigenvalue weighted by molar-refractivity contribution is 9.10. The first-order valence-corrected chi connectivity index (χ1v) is 4.97. The average Bonchev–Trinajstić information content (AvgIpc) is 2.70. The van der Waals surface area contributed by atoms with Crippen LogP contribution in [0.4, 0.5) is 5.82 Å². The smallest absolute Gasteiger partial charge is 0.126 e. The Morgan fingerprint density at radius 2 is 2.29 bits per heavy atom. The van der Waals surface area contributed by atoms with Crippen LogP contribution in [0.15, 0.2) is 35.1 Å². The Labute approximate surface area is 89.9 Å². The maximum absolute atomic E-state index is 4.19. The fourth-order valence-electron chi connectivity index (χ4n) is 1.05. The van der Waals surface area contributed by atoms with Crippen LogP contribution < -0.4 is 5.32 Å². The maximum atomic E-state index is 4.19. The van der Waals surface area contributed by atoms with Crippen LogP contribution in [-0.2, 0) is 6.54 Å². The molecule has 0 atom stereocenters. The van der Waals surface area contributed by atoms with Crippen molar-refractivity contribution >= 4 is 21.7 Å². The van der Waals surface area contributed by atoms with Crippen LogP contribution in [0.2, 0.25) is 0 Å². The molecule has 0 aliphatic carbocycles. The third-order valence-electron chi connectivity index (χ3n) is 1.75. The number of pyridine rings is 1. The lowest BCUT2D eigenvalue weighted by molar-refractivity contribution is 0.974. The van der Waals surface area contributed by atoms with Gasteiger partial charge in [0.1, 0.15) is 5.82 Å². The Morgan fingerprint density at radius 3 is 2.93 bits per heavy atom. The number of hydrogen-bond donors (Lipinski definition) is 2. The van der Waals surface area contributed by atoms with Crippen molar-refractivity contribution in [2.45, 2.75) is 6.54 Å². The van der Waals surface area contributed by atoms with E-state index < -0.39 is 0 Å². The van der Waals surface area contributed by atoms with E-state index in [9.17, 15) is 0 Å². The van der Waals surface area contributed by atoms with E-state index in [0.29, 0.717) is 6.54 Å². The van der Waals surface area contributed by atoms with Gasteiger partial charge in [0.15, 0.2) is 0 Å². The minimum absolute atomic E-state index is 0.703. The highest BCUT2D eigenvalue weighted by Crippen LogP contribution is 2.10. The zero-order valence-corrected chi connectivity index (χ0v) is 8.95. The van der Waals surface area contributed by atoms with E-state index in [2.05, 4.69) is 36.4 Å². The van der Waals surface area contributed by atoms with E-state index in [1.54, 1.807) is 12.4 Å². The molecule has 0 amide bonds. The van der Waals surface area contributed by atoms with Gasteiger partial charge in [-0.3, -0.25) is 5.10 Å². The second kappa shape index (κ2) is 4.23. The van der Waals surface area contributed by atoms with Gasteiger partial charge >= 0.3 is 0 Å². The molecule has 2 aromatic rings. The zero-order chi connectivity index (χ0) is 9.80. The van der Waals surface area contributed by atoms with E-state index in [1.165, 1.54) is 0 Å². The molecule has 0 unspecified atom stereocenters. The highest BCUT2D eigenvalue weighted by Gasteiger charge is 1.95.